The molecule has 0 bridgehead atoms. The number of aliphatic imine (C=N–C) groups is 1. The fourth-order valence-electron chi connectivity index (χ4n) is 4.52. The molecular weight excluding hydrogens is 360 g/mol. The second-order valence-electron chi connectivity index (χ2n) is 8.62. The van der Waals surface area contributed by atoms with Gasteiger partial charge in [-0.1, -0.05) is 23.8 Å². The van der Waals surface area contributed by atoms with Crippen molar-refractivity contribution >= 4 is 28.4 Å². The molecule has 3 aromatic rings. The van der Waals surface area contributed by atoms with Crippen LogP contribution in [0.2, 0.25) is 0 Å². The Morgan fingerprint density at radius 2 is 2.00 bits per heavy atom. The molecule has 1 atom stereocenters. The molecule has 0 saturated heterocycles. The van der Waals surface area contributed by atoms with Crippen molar-refractivity contribution in [3.8, 4) is 0 Å². The van der Waals surface area contributed by atoms with Gasteiger partial charge in [0.1, 0.15) is 23.6 Å². The van der Waals surface area contributed by atoms with E-state index in [2.05, 4.69) is 63.8 Å². The summed E-state index contributed by atoms with van der Waals surface area (Å²) in [4.78, 5) is 13.1. The molecular formula is C23H26N6. The number of benzene rings is 1. The van der Waals surface area contributed by atoms with Gasteiger partial charge in [-0.25, -0.2) is 15.0 Å². The summed E-state index contributed by atoms with van der Waals surface area (Å²) in [5.74, 6) is 1.24. The van der Waals surface area contributed by atoms with Crippen LogP contribution < -0.4 is 11.5 Å². The van der Waals surface area contributed by atoms with Crippen LogP contribution in [0.15, 0.2) is 53.4 Å². The lowest BCUT2D eigenvalue weighted by Crippen LogP contribution is -2.32. The standard InChI is InChI=1S/C23H26N6/c1-23(2)18-8-6-15(12-19(18)28-22(23)25)4-3-14-5-7-16(11-14)29-10-9-17-20(24)26-13-27-21(17)29/h6,8-13,16H,3-5,7H2,1-2H3,(H2,25,28)(H2,24,26,27). The van der Waals surface area contributed by atoms with Crippen LogP contribution in [0.3, 0.4) is 0 Å². The van der Waals surface area contributed by atoms with E-state index in [1.54, 1.807) is 0 Å². The Balaban J connectivity index is 1.31. The normalized spacial score (nSPS) is 20.0. The van der Waals surface area contributed by atoms with E-state index >= 15 is 0 Å². The summed E-state index contributed by atoms with van der Waals surface area (Å²) in [6.07, 6.45) is 10.3. The summed E-state index contributed by atoms with van der Waals surface area (Å²) < 4.78 is 2.22. The van der Waals surface area contributed by atoms with Gasteiger partial charge in [-0.3, -0.25) is 0 Å². The molecule has 1 aliphatic carbocycles. The monoisotopic (exact) mass is 386 g/mol. The molecule has 6 nitrogen and oxygen atoms in total. The largest absolute Gasteiger partial charge is 0.386 e. The molecule has 148 valence electrons. The molecule has 0 fully saturated rings. The van der Waals surface area contributed by atoms with E-state index in [9.17, 15) is 0 Å². The highest BCUT2D eigenvalue weighted by molar-refractivity contribution is 5.98. The van der Waals surface area contributed by atoms with Crippen molar-refractivity contribution in [2.45, 2.75) is 51.0 Å². The van der Waals surface area contributed by atoms with Gasteiger partial charge < -0.3 is 16.0 Å². The zero-order valence-corrected chi connectivity index (χ0v) is 16.9. The van der Waals surface area contributed by atoms with Crippen molar-refractivity contribution in [3.05, 3.63) is 59.6 Å². The number of aryl methyl sites for hydroxylation is 1. The van der Waals surface area contributed by atoms with E-state index < -0.39 is 0 Å². The van der Waals surface area contributed by atoms with Crippen molar-refractivity contribution in [1.82, 2.24) is 14.5 Å². The number of fused-ring (bicyclic) bond motifs is 2. The number of aromatic nitrogens is 3. The minimum atomic E-state index is -0.165. The highest BCUT2D eigenvalue weighted by Gasteiger charge is 2.33. The SMILES string of the molecule is CC1(C)C(N)=Nc2cc(CCC3=CC(n4ccc5c(N)ncnc54)CC3)ccc21. The number of anilines is 1. The van der Waals surface area contributed by atoms with Crippen LogP contribution >= 0.6 is 0 Å². The second kappa shape index (κ2) is 6.44. The number of nitrogens with zero attached hydrogens (tertiary/aromatic N) is 4. The van der Waals surface area contributed by atoms with Gasteiger partial charge in [0.2, 0.25) is 0 Å². The lowest BCUT2D eigenvalue weighted by molar-refractivity contribution is 0.603. The number of hydrogen-bond acceptors (Lipinski definition) is 5. The van der Waals surface area contributed by atoms with Gasteiger partial charge in [0.25, 0.3) is 0 Å². The number of hydrogen-bond donors (Lipinski definition) is 2. The minimum absolute atomic E-state index is 0.165. The van der Waals surface area contributed by atoms with Crippen LogP contribution in [0.1, 0.15) is 50.3 Å². The van der Waals surface area contributed by atoms with Gasteiger partial charge in [-0.05, 0) is 62.8 Å². The molecule has 2 aliphatic rings. The molecule has 29 heavy (non-hydrogen) atoms. The van der Waals surface area contributed by atoms with Crippen LogP contribution in [0.4, 0.5) is 11.5 Å². The van der Waals surface area contributed by atoms with Gasteiger partial charge in [-0.15, -0.1) is 0 Å². The predicted octanol–water partition coefficient (Wildman–Crippen LogP) is 4.19. The molecule has 6 heteroatoms. The highest BCUT2D eigenvalue weighted by Crippen LogP contribution is 2.39. The number of rotatable bonds is 4. The van der Waals surface area contributed by atoms with E-state index in [0.29, 0.717) is 17.7 Å². The molecule has 2 aromatic heterocycles. The average molecular weight is 387 g/mol. The van der Waals surface area contributed by atoms with Gasteiger partial charge in [0.05, 0.1) is 17.1 Å². The van der Waals surface area contributed by atoms with Crippen LogP contribution in [0, 0.1) is 0 Å². The average Bonchev–Trinajstić information content (AvgIpc) is 3.38. The molecule has 0 spiro atoms. The zero-order valence-electron chi connectivity index (χ0n) is 16.9. The third kappa shape index (κ3) is 2.90. The fourth-order valence-corrected chi connectivity index (χ4v) is 4.52. The van der Waals surface area contributed by atoms with Crippen molar-refractivity contribution in [2.24, 2.45) is 10.7 Å². The molecule has 1 unspecified atom stereocenters. The van der Waals surface area contributed by atoms with Crippen molar-refractivity contribution in [2.75, 3.05) is 5.73 Å². The van der Waals surface area contributed by atoms with E-state index in [-0.39, 0.29) is 5.41 Å². The summed E-state index contributed by atoms with van der Waals surface area (Å²) in [5.41, 5.74) is 17.9. The topological polar surface area (TPSA) is 95.1 Å². The maximum atomic E-state index is 6.12. The molecule has 0 amide bonds. The maximum Gasteiger partial charge on any atom is 0.146 e. The Bertz CT molecular complexity index is 1170. The third-order valence-corrected chi connectivity index (χ3v) is 6.44. The summed E-state index contributed by atoms with van der Waals surface area (Å²) in [6.45, 7) is 4.26. The van der Waals surface area contributed by atoms with E-state index in [1.165, 1.54) is 23.0 Å². The lowest BCUT2D eigenvalue weighted by Gasteiger charge is -2.19. The Kier molecular flexibility index (Phi) is 3.98. The van der Waals surface area contributed by atoms with Crippen LogP contribution in [0.5, 0.6) is 0 Å². The first-order valence-corrected chi connectivity index (χ1v) is 10.2. The molecule has 0 saturated carbocycles. The van der Waals surface area contributed by atoms with Gasteiger partial charge >= 0.3 is 0 Å². The summed E-state index contributed by atoms with van der Waals surface area (Å²) in [6, 6.07) is 8.95. The first kappa shape index (κ1) is 17.9. The highest BCUT2D eigenvalue weighted by atomic mass is 15.1. The van der Waals surface area contributed by atoms with Crippen LogP contribution in [-0.2, 0) is 11.8 Å². The number of allylic oxidation sites excluding steroid dienone is 2. The van der Waals surface area contributed by atoms with Gasteiger partial charge in [0, 0.05) is 11.6 Å². The minimum Gasteiger partial charge on any atom is -0.386 e. The smallest absolute Gasteiger partial charge is 0.146 e. The first-order chi connectivity index (χ1) is 13.9. The van der Waals surface area contributed by atoms with E-state index in [0.717, 1.165) is 42.4 Å². The fraction of sp³-hybridized carbons (Fsp3) is 0.348. The van der Waals surface area contributed by atoms with Gasteiger partial charge in [-0.2, -0.15) is 0 Å². The molecule has 0 radical (unpaired) electrons. The molecule has 3 heterocycles. The molecule has 1 aromatic carbocycles. The number of nitrogen functional groups attached to an aromatic ring is 1. The van der Waals surface area contributed by atoms with Crippen LogP contribution in [-0.4, -0.2) is 20.4 Å². The predicted molar refractivity (Wildman–Crippen MR) is 117 cm³/mol. The Morgan fingerprint density at radius 3 is 2.86 bits per heavy atom. The zero-order chi connectivity index (χ0) is 20.2. The van der Waals surface area contributed by atoms with Crippen molar-refractivity contribution in [3.63, 3.8) is 0 Å². The summed E-state index contributed by atoms with van der Waals surface area (Å²) >= 11 is 0. The van der Waals surface area contributed by atoms with Crippen molar-refractivity contribution < 1.29 is 0 Å². The van der Waals surface area contributed by atoms with E-state index in [4.69, 9.17) is 11.5 Å². The van der Waals surface area contributed by atoms with Crippen molar-refractivity contribution in [1.29, 1.82) is 0 Å². The molecule has 5 rings (SSSR count). The third-order valence-electron chi connectivity index (χ3n) is 6.44. The summed E-state index contributed by atoms with van der Waals surface area (Å²) in [7, 11) is 0. The van der Waals surface area contributed by atoms with Gasteiger partial charge in [0.15, 0.2) is 0 Å². The molecule has 4 N–H and O–H groups in total. The first-order valence-electron chi connectivity index (χ1n) is 10.2. The number of amidine groups is 1. The Hall–Kier alpha value is -3.15. The lowest BCUT2D eigenvalue weighted by atomic mass is 9.84. The second-order valence-corrected chi connectivity index (χ2v) is 8.62. The Morgan fingerprint density at radius 1 is 1.14 bits per heavy atom. The maximum absolute atomic E-state index is 6.12. The molecule has 1 aliphatic heterocycles. The summed E-state index contributed by atoms with van der Waals surface area (Å²) in [5, 5.41) is 0.926. The quantitative estimate of drug-likeness (QED) is 0.657. The number of nitrogens with two attached hydrogens (primary N) is 2. The van der Waals surface area contributed by atoms with E-state index in [1.807, 2.05) is 6.07 Å². The van der Waals surface area contributed by atoms with Crippen LogP contribution in [0.25, 0.3) is 11.0 Å². The Labute approximate surface area is 170 Å².